The highest BCUT2D eigenvalue weighted by molar-refractivity contribution is 6.41. The summed E-state index contributed by atoms with van der Waals surface area (Å²) < 4.78 is 0. The van der Waals surface area contributed by atoms with Crippen molar-refractivity contribution in [2.24, 2.45) is 27.9 Å². The van der Waals surface area contributed by atoms with Crippen molar-refractivity contribution in [3.05, 3.63) is 35.9 Å². The summed E-state index contributed by atoms with van der Waals surface area (Å²) in [5.41, 5.74) is 28.0. The van der Waals surface area contributed by atoms with Crippen molar-refractivity contribution in [2.75, 3.05) is 26.7 Å². The van der Waals surface area contributed by atoms with E-state index in [1.54, 1.807) is 30.3 Å². The zero-order chi connectivity index (χ0) is 54.2. The normalized spacial score (nSPS) is 13.3. The number of hydrazine groups is 1. The number of benzene rings is 1. The van der Waals surface area contributed by atoms with Crippen molar-refractivity contribution in [2.45, 2.75) is 153 Å². The highest BCUT2D eigenvalue weighted by atomic mass is 16.2. The molecule has 0 radical (unpaired) electrons. The zero-order valence-corrected chi connectivity index (χ0v) is 41.7. The first-order chi connectivity index (χ1) is 34.0. The first-order valence-electron chi connectivity index (χ1n) is 23.9. The fourth-order valence-electron chi connectivity index (χ4n) is 6.96. The molecule has 0 aliphatic heterocycles. The fraction of sp³-hybridized carbons (Fsp3) is 0.596. The third-order valence-corrected chi connectivity index (χ3v) is 11.0. The van der Waals surface area contributed by atoms with Gasteiger partial charge in [0.15, 0.2) is 5.96 Å². The molecule has 16 N–H and O–H groups in total. The molecule has 0 spiro atoms. The second-order valence-electron chi connectivity index (χ2n) is 17.3. The molecule has 0 saturated carbocycles. The molecule has 25 nitrogen and oxygen atoms in total. The maximum absolute atomic E-state index is 14.1. The molecule has 1 aromatic rings. The van der Waals surface area contributed by atoms with E-state index in [1.165, 1.54) is 27.8 Å². The van der Waals surface area contributed by atoms with Crippen LogP contribution in [0.3, 0.4) is 0 Å². The lowest BCUT2D eigenvalue weighted by atomic mass is 9.95. The second-order valence-corrected chi connectivity index (χ2v) is 17.3. The van der Waals surface area contributed by atoms with E-state index in [2.05, 4.69) is 47.7 Å². The van der Waals surface area contributed by atoms with Crippen LogP contribution in [0.5, 0.6) is 0 Å². The van der Waals surface area contributed by atoms with Gasteiger partial charge in [0.2, 0.25) is 52.9 Å². The summed E-state index contributed by atoms with van der Waals surface area (Å²) in [5, 5.41) is 15.6. The lowest BCUT2D eigenvalue weighted by Crippen LogP contribution is -2.60. The van der Waals surface area contributed by atoms with Crippen LogP contribution in [0.4, 0.5) is 0 Å². The summed E-state index contributed by atoms with van der Waals surface area (Å²) in [6, 6.07) is 0.339. The Morgan fingerprint density at radius 2 is 0.958 bits per heavy atom. The summed E-state index contributed by atoms with van der Waals surface area (Å²) in [5.74, 6) is -8.72. The Labute approximate surface area is 419 Å². The number of ketones is 5. The van der Waals surface area contributed by atoms with E-state index in [1.807, 2.05) is 0 Å². The van der Waals surface area contributed by atoms with Gasteiger partial charge in [0, 0.05) is 45.3 Å². The molecule has 7 amide bonds. The average molecular weight is 1010 g/mol. The maximum Gasteiger partial charge on any atom is 0.243 e. The highest BCUT2D eigenvalue weighted by Crippen LogP contribution is 2.10. The summed E-state index contributed by atoms with van der Waals surface area (Å²) in [4.78, 5) is 157. The van der Waals surface area contributed by atoms with E-state index in [0.717, 1.165) is 0 Å². The standard InChI is InChI=1S/C47H75N13O12/c1-28(61)18-20-40(66)53-22-10-8-15-32(30(3)63)59-60-36(25-31-13-6-5-7-14-31)43(69)42(68)35(26-38(48)64)57-46(72)37(27-39(49)65)58-45(71)34(17-12-24-55-47(50)51)56-44(70)33(52-4)16-9-11-23-54-41(67)21-19-29(2)62/h5-7,13-14,32-37,52,59-60H,8-12,15-27H2,1-4H3,(H2,48,64)(H2,49,65)(H,53,66)(H,54,67)(H,56,70)(H,57,72)(H,58,71)(H4,50,51,55)/t32-,33-,34-,35?,36-,37-/m0/s1. The number of nitrogens with one attached hydrogen (secondary N) is 8. The summed E-state index contributed by atoms with van der Waals surface area (Å²) in [6.07, 6.45) is 1.03. The van der Waals surface area contributed by atoms with Gasteiger partial charge in [0.1, 0.15) is 35.5 Å². The van der Waals surface area contributed by atoms with Crippen LogP contribution in [0.1, 0.15) is 116 Å². The molecule has 400 valence electrons. The molecule has 1 rings (SSSR count). The molecule has 72 heavy (non-hydrogen) atoms. The van der Waals surface area contributed by atoms with Crippen LogP contribution in [-0.4, -0.2) is 139 Å². The maximum atomic E-state index is 14.1. The number of nitrogens with two attached hydrogens (primary N) is 4. The first-order valence-corrected chi connectivity index (χ1v) is 23.9. The van der Waals surface area contributed by atoms with Crippen LogP contribution in [0.2, 0.25) is 0 Å². The van der Waals surface area contributed by atoms with Gasteiger partial charge in [0.25, 0.3) is 0 Å². The number of hydrogen-bond donors (Lipinski definition) is 12. The predicted molar refractivity (Wildman–Crippen MR) is 264 cm³/mol. The van der Waals surface area contributed by atoms with E-state index in [0.29, 0.717) is 44.3 Å². The van der Waals surface area contributed by atoms with Crippen molar-refractivity contribution < 1.29 is 57.5 Å². The van der Waals surface area contributed by atoms with Crippen molar-refractivity contribution >= 4 is 76.2 Å². The number of carbonyl (C=O) groups excluding carboxylic acids is 12. The lowest BCUT2D eigenvalue weighted by Gasteiger charge is -2.26. The number of amides is 7. The SMILES string of the molecule is CN[C@@H](CCCCNC(=O)CCC(C)=O)C(=O)N[C@@H](CCCN=C(N)N)C(=O)N[C@@H](CC(N)=O)C(=O)NC(CC(N)=O)C(=O)C(=O)[C@H](Cc1ccccc1)NN[C@@H](CCCCNC(=O)CCC(C)=O)C(C)=O. The van der Waals surface area contributed by atoms with Crippen molar-refractivity contribution in [1.29, 1.82) is 0 Å². The number of carbonyl (C=O) groups is 12. The summed E-state index contributed by atoms with van der Waals surface area (Å²) in [6.45, 7) is 4.74. The molecule has 0 heterocycles. The Hall–Kier alpha value is -6.99. The number of rotatable bonds is 40. The van der Waals surface area contributed by atoms with Crippen LogP contribution in [0, 0.1) is 0 Å². The molecule has 0 saturated heterocycles. The predicted octanol–water partition coefficient (Wildman–Crippen LogP) is -3.05. The van der Waals surface area contributed by atoms with Crippen LogP contribution in [0.25, 0.3) is 0 Å². The van der Waals surface area contributed by atoms with Crippen LogP contribution in [0.15, 0.2) is 35.3 Å². The molecular weight excluding hydrogens is 939 g/mol. The van der Waals surface area contributed by atoms with Gasteiger partial charge < -0.3 is 64.4 Å². The average Bonchev–Trinajstić information content (AvgIpc) is 3.31. The molecule has 1 unspecified atom stereocenters. The monoisotopic (exact) mass is 1010 g/mol. The smallest absolute Gasteiger partial charge is 0.243 e. The van der Waals surface area contributed by atoms with Gasteiger partial charge in [0.05, 0.1) is 31.0 Å². The minimum Gasteiger partial charge on any atom is -0.370 e. The third-order valence-electron chi connectivity index (χ3n) is 11.0. The third kappa shape index (κ3) is 28.0. The van der Waals surface area contributed by atoms with E-state index in [4.69, 9.17) is 22.9 Å². The minimum absolute atomic E-state index is 0.0441. The fourth-order valence-corrected chi connectivity index (χ4v) is 6.96. The quantitative estimate of drug-likeness (QED) is 0.0102. The molecule has 1 aromatic carbocycles. The van der Waals surface area contributed by atoms with Gasteiger partial charge in [-0.05, 0) is 91.2 Å². The van der Waals surface area contributed by atoms with Crippen LogP contribution < -0.4 is 65.7 Å². The highest BCUT2D eigenvalue weighted by Gasteiger charge is 2.36. The van der Waals surface area contributed by atoms with Gasteiger partial charge >= 0.3 is 0 Å². The molecule has 0 bridgehead atoms. The molecule has 0 fully saturated rings. The number of unbranched alkanes of at least 4 members (excludes halogenated alkanes) is 2. The Morgan fingerprint density at radius 1 is 0.514 bits per heavy atom. The van der Waals surface area contributed by atoms with Gasteiger partial charge in [-0.2, -0.15) is 0 Å². The number of Topliss-reactive ketones (excluding diaryl/α,β-unsaturated/α-hetero) is 5. The van der Waals surface area contributed by atoms with Gasteiger partial charge in [-0.15, -0.1) is 0 Å². The van der Waals surface area contributed by atoms with Gasteiger partial charge in [-0.3, -0.25) is 52.9 Å². The number of hydrogen-bond acceptors (Lipinski definition) is 16. The number of primary amides is 2. The largest absolute Gasteiger partial charge is 0.370 e. The molecule has 0 aromatic heterocycles. The molecule has 25 heteroatoms. The van der Waals surface area contributed by atoms with Gasteiger partial charge in [-0.1, -0.05) is 30.3 Å². The van der Waals surface area contributed by atoms with Crippen molar-refractivity contribution in [1.82, 2.24) is 42.8 Å². The van der Waals surface area contributed by atoms with E-state index in [9.17, 15) is 57.5 Å². The number of nitrogens with zero attached hydrogens (tertiary/aromatic N) is 1. The van der Waals surface area contributed by atoms with E-state index < -0.39 is 90.2 Å². The molecule has 6 atom stereocenters. The summed E-state index contributed by atoms with van der Waals surface area (Å²) >= 11 is 0. The van der Waals surface area contributed by atoms with Gasteiger partial charge in [-0.25, -0.2) is 10.9 Å². The van der Waals surface area contributed by atoms with E-state index >= 15 is 0 Å². The number of aliphatic imine (C=N–C) groups is 1. The Balaban J connectivity index is 3.28. The molecule has 0 aliphatic carbocycles. The lowest BCUT2D eigenvalue weighted by molar-refractivity contribution is -0.141. The topological polar surface area (TPSA) is 418 Å². The summed E-state index contributed by atoms with van der Waals surface area (Å²) in [7, 11) is 1.53. The number of likely N-dealkylation sites (N-methyl/N-ethyl adjacent to an activating group) is 1. The van der Waals surface area contributed by atoms with Crippen LogP contribution in [-0.2, 0) is 64.0 Å². The molecule has 0 aliphatic rings. The Bertz CT molecular complexity index is 2050. The zero-order valence-electron chi connectivity index (χ0n) is 41.7. The second kappa shape index (κ2) is 35.2. The van der Waals surface area contributed by atoms with Crippen LogP contribution >= 0.6 is 0 Å². The van der Waals surface area contributed by atoms with Crippen molar-refractivity contribution in [3.8, 4) is 0 Å². The first kappa shape index (κ1) is 63.0. The molecular formula is C47H75N13O12. The van der Waals surface area contributed by atoms with E-state index in [-0.39, 0.29) is 99.5 Å². The minimum atomic E-state index is -1.91. The Kier molecular flexibility index (Phi) is 30.8. The Morgan fingerprint density at radius 3 is 1.46 bits per heavy atom. The number of guanidine groups is 1. The van der Waals surface area contributed by atoms with Crippen molar-refractivity contribution in [3.63, 3.8) is 0 Å².